The maximum Gasteiger partial charge on any atom is 2.00 e. The fourth-order valence-corrected chi connectivity index (χ4v) is 1.59. The molecule has 0 saturated carbocycles. The van der Waals surface area contributed by atoms with Crippen molar-refractivity contribution in [1.82, 2.24) is 0 Å². The van der Waals surface area contributed by atoms with Gasteiger partial charge in [-0.3, -0.25) is 24.0 Å². The maximum absolute atomic E-state index is 9.87. The molecular weight excluding hydrogens is 667 g/mol. The van der Waals surface area contributed by atoms with Crippen LogP contribution in [0, 0.1) is 0 Å². The van der Waals surface area contributed by atoms with E-state index in [1.54, 1.807) is 27.7 Å². The molecular formula is C28H51AlO16Ti. The minimum absolute atomic E-state index is 0. The van der Waals surface area contributed by atoms with E-state index in [1.807, 2.05) is 27.7 Å². The minimum Gasteiger partial charge on any atom is 2.00 e. The van der Waals surface area contributed by atoms with Crippen LogP contribution in [0.25, 0.3) is 0 Å². The molecule has 0 aromatic heterocycles. The summed E-state index contributed by atoms with van der Waals surface area (Å²) in [6, 6.07) is 0. The van der Waals surface area contributed by atoms with Crippen molar-refractivity contribution in [2.75, 3.05) is 0 Å². The predicted octanol–water partition coefficient (Wildman–Crippen LogP) is -1.66. The third kappa shape index (κ3) is 178. The van der Waals surface area contributed by atoms with E-state index < -0.39 is 43.1 Å². The molecule has 0 amide bonds. The first kappa shape index (κ1) is 62.5. The van der Waals surface area contributed by atoms with Crippen LogP contribution in [0.5, 0.6) is 0 Å². The molecule has 0 aromatic rings. The van der Waals surface area contributed by atoms with Crippen molar-refractivity contribution in [3.05, 3.63) is 0 Å². The Bertz CT molecular complexity index is 657. The number of ketones is 4. The van der Waals surface area contributed by atoms with Crippen LogP contribution in [0.1, 0.15) is 109 Å². The number of aliphatic hydroxyl groups is 2. The van der Waals surface area contributed by atoms with E-state index in [2.05, 4.69) is 0 Å². The molecule has 0 aliphatic rings. The first-order valence-corrected chi connectivity index (χ1v) is 14.3. The summed E-state index contributed by atoms with van der Waals surface area (Å²) in [5.41, 5.74) is 0. The van der Waals surface area contributed by atoms with Gasteiger partial charge in [0.15, 0.2) is 0 Å². The maximum atomic E-state index is 9.87. The van der Waals surface area contributed by atoms with Crippen molar-refractivity contribution in [3.63, 3.8) is 0 Å². The number of aliphatic hydroxyl groups excluding tert-OH is 2. The molecule has 0 radical (unpaired) electrons. The largest absolute Gasteiger partial charge is 2.00 e. The third-order valence-electron chi connectivity index (χ3n) is 2.24. The molecule has 3 N–H and O–H groups in total. The summed E-state index contributed by atoms with van der Waals surface area (Å²) in [5.74, 6) is -6.44. The van der Waals surface area contributed by atoms with Gasteiger partial charge in [0.2, 0.25) is 0 Å². The number of carboxylic acid groups (broad SMARTS) is 4. The first-order valence-electron chi connectivity index (χ1n) is 13.4. The zero-order valence-electron chi connectivity index (χ0n) is 28.9. The van der Waals surface area contributed by atoms with Crippen LogP contribution in [0.15, 0.2) is 0 Å². The number of aliphatic carboxylic acids is 4. The zero-order chi connectivity index (χ0) is 37.9. The normalized spacial score (nSPS) is 8.57. The number of Topliss-reactive ketones (excluding diaryl/α,β-unsaturated/α-hetero) is 4. The van der Waals surface area contributed by atoms with Crippen LogP contribution < -0.4 is 15.3 Å². The van der Waals surface area contributed by atoms with E-state index >= 15 is 0 Å². The fraction of sp³-hybridized carbons (Fsp3) is 0.714. The van der Waals surface area contributed by atoms with Gasteiger partial charge < -0.3 is 45.0 Å². The number of rotatable bonds is 12. The van der Waals surface area contributed by atoms with E-state index in [9.17, 15) is 53.7 Å². The first-order chi connectivity index (χ1) is 20.1. The topological polar surface area (TPSA) is 285 Å². The second kappa shape index (κ2) is 44.8. The fourth-order valence-electron chi connectivity index (χ4n) is 1.08. The van der Waals surface area contributed by atoms with Gasteiger partial charge >= 0.3 is 91.1 Å². The smallest absolute Gasteiger partial charge is 2.00 e. The summed E-state index contributed by atoms with van der Waals surface area (Å²) >= 11 is -0.245. The monoisotopic (exact) mass is 718 g/mol. The average molecular weight is 719 g/mol. The van der Waals surface area contributed by atoms with E-state index in [0.29, 0.717) is 12.2 Å². The van der Waals surface area contributed by atoms with Gasteiger partial charge in [0, 0.05) is 49.4 Å². The van der Waals surface area contributed by atoms with Crippen LogP contribution in [-0.4, -0.2) is 103 Å². The van der Waals surface area contributed by atoms with E-state index in [-0.39, 0.29) is 79.4 Å². The van der Waals surface area contributed by atoms with E-state index in [4.69, 9.17) is 22.9 Å². The van der Waals surface area contributed by atoms with Gasteiger partial charge in [-0.15, -0.1) is 0 Å². The molecule has 16 nitrogen and oxygen atoms in total. The predicted molar refractivity (Wildman–Crippen MR) is 157 cm³/mol. The second-order valence-corrected chi connectivity index (χ2v) is 10.4. The number of carboxylic acids is 4. The molecule has 0 saturated heterocycles. The molecule has 266 valence electrons. The summed E-state index contributed by atoms with van der Waals surface area (Å²) in [6.45, 7) is 19.8. The number of hydrogen-bond donors (Lipinski definition) is 3. The molecule has 0 heterocycles. The quantitative estimate of drug-likeness (QED) is 0.150. The molecule has 0 aromatic carbocycles. The summed E-state index contributed by atoms with van der Waals surface area (Å²) in [7, 11) is 0. The summed E-state index contributed by atoms with van der Waals surface area (Å²) < 4.78 is 10.4. The zero-order valence-corrected chi connectivity index (χ0v) is 31.6. The number of carbonyl (C=O) groups is 8. The van der Waals surface area contributed by atoms with E-state index in [1.165, 1.54) is 27.7 Å². The Balaban J connectivity index is -0.0000000617. The van der Waals surface area contributed by atoms with Crippen LogP contribution in [-0.2, 0) is 67.7 Å². The van der Waals surface area contributed by atoms with Gasteiger partial charge in [0.25, 0.3) is 0 Å². The molecule has 0 aliphatic carbocycles. The Morgan fingerprint density at radius 2 is 0.696 bits per heavy atom. The van der Waals surface area contributed by atoms with E-state index in [0.717, 1.165) is 0 Å². The molecule has 0 unspecified atom stereocenters. The standard InChI is InChI=1S/4C4H6O3.2C3H8O.2C3H7O.Al.Ti/c4*1-3(5)2-4(6)7;4*1-3(2)4;;/h4*2H2,1H3,(H,6,7);2*3-4H,1-2H3;2*3H,1-2H3;;/q;;;;;;2*-1;+3;+2/p-3. The average Bonchev–Trinajstić information content (AvgIpc) is 2.70. The Hall–Kier alpha value is -2.35. The molecule has 0 bridgehead atoms. The Kier molecular flexibility index (Phi) is 60.8. The molecule has 0 spiro atoms. The number of hydrogen-bond acceptors (Lipinski definition) is 15. The van der Waals surface area contributed by atoms with Gasteiger partial charge in [-0.05, 0) is 55.4 Å². The Morgan fingerprint density at radius 1 is 0.522 bits per heavy atom. The summed E-state index contributed by atoms with van der Waals surface area (Å²) in [5, 5.41) is 52.4. The van der Waals surface area contributed by atoms with Crippen LogP contribution in [0.4, 0.5) is 0 Å². The second-order valence-electron chi connectivity index (χ2n) is 9.68. The molecule has 0 rings (SSSR count). The summed E-state index contributed by atoms with van der Waals surface area (Å²) in [6.07, 6.45) is -1.50. The minimum atomic E-state index is -1.31. The molecule has 18 heteroatoms. The van der Waals surface area contributed by atoms with Crippen molar-refractivity contribution < 1.29 is 98.3 Å². The molecule has 46 heavy (non-hydrogen) atoms. The van der Waals surface area contributed by atoms with Crippen LogP contribution in [0.2, 0.25) is 0 Å². The van der Waals surface area contributed by atoms with Crippen molar-refractivity contribution in [1.29, 1.82) is 0 Å². The Labute approximate surface area is 293 Å². The van der Waals surface area contributed by atoms with Gasteiger partial charge in [-0.1, -0.05) is 0 Å². The van der Waals surface area contributed by atoms with Crippen LogP contribution in [0.3, 0.4) is 0 Å². The molecule has 0 fully saturated rings. The van der Waals surface area contributed by atoms with Crippen molar-refractivity contribution in [3.8, 4) is 0 Å². The Morgan fingerprint density at radius 3 is 0.739 bits per heavy atom. The molecule has 0 atom stereocenters. The van der Waals surface area contributed by atoms with Gasteiger partial charge in [-0.2, -0.15) is 0 Å². The SMILES string of the molecule is CC(=O)CC(=O)O.CC(=O)CC(=O)[O-].CC(=O)CC(=O)[O-].CC(=O)CC(=O)[O-].CC(C)O.CC(C)O.CC(C)[O][Al+][O]C(C)C.[Ti+2]. The van der Waals surface area contributed by atoms with Crippen molar-refractivity contribution >= 4 is 62.9 Å². The third-order valence-corrected chi connectivity index (χ3v) is 3.55. The summed E-state index contributed by atoms with van der Waals surface area (Å²) in [4.78, 5) is 77.4. The van der Waals surface area contributed by atoms with Crippen LogP contribution >= 0.6 is 0 Å². The van der Waals surface area contributed by atoms with Gasteiger partial charge in [-0.25, -0.2) is 0 Å². The molecule has 0 aliphatic heterocycles. The van der Waals surface area contributed by atoms with Crippen molar-refractivity contribution in [2.45, 2.75) is 133 Å². The van der Waals surface area contributed by atoms with Gasteiger partial charge in [0.05, 0.1) is 0 Å². The van der Waals surface area contributed by atoms with Gasteiger partial charge in [0.1, 0.15) is 29.6 Å². The number of carbonyl (C=O) groups excluding carboxylic acids is 7. The van der Waals surface area contributed by atoms with Crippen molar-refractivity contribution in [2.24, 2.45) is 0 Å².